The molecule has 0 aromatic heterocycles. The Hall–Kier alpha value is -0.170. The minimum absolute atomic E-state index is 0.242. The summed E-state index contributed by atoms with van der Waals surface area (Å²) < 4.78 is 26.8. The van der Waals surface area contributed by atoms with E-state index >= 15 is 0 Å². The molecule has 0 bridgehead atoms. The van der Waals surface area contributed by atoms with Crippen molar-refractivity contribution in [1.29, 1.82) is 0 Å². The molecule has 0 amide bonds. The van der Waals surface area contributed by atoms with E-state index in [2.05, 4.69) is 38.4 Å². The zero-order chi connectivity index (χ0) is 12.3. The van der Waals surface area contributed by atoms with Gasteiger partial charge in [0.05, 0.1) is 4.90 Å². The molecule has 0 N–H and O–H groups in total. The Bertz CT molecular complexity index is 500. The first-order valence-electron chi connectivity index (χ1n) is 4.42. The number of benzene rings is 1. The van der Waals surface area contributed by atoms with E-state index in [9.17, 15) is 8.42 Å². The van der Waals surface area contributed by atoms with Gasteiger partial charge < -0.3 is 0 Å². The first kappa shape index (κ1) is 13.9. The van der Waals surface area contributed by atoms with Gasteiger partial charge in [0.2, 0.25) is 10.0 Å². The normalized spacial score (nSPS) is 11.8. The van der Waals surface area contributed by atoms with Gasteiger partial charge in [0.15, 0.2) is 0 Å². The molecule has 0 saturated heterocycles. The highest BCUT2D eigenvalue weighted by Crippen LogP contribution is 2.27. The molecule has 16 heavy (non-hydrogen) atoms. The van der Waals surface area contributed by atoms with E-state index in [1.165, 1.54) is 11.4 Å². The Morgan fingerprint density at radius 2 is 2.06 bits per heavy atom. The molecular formula is C10H11Br2NO2S. The van der Waals surface area contributed by atoms with Gasteiger partial charge in [0.25, 0.3) is 0 Å². The van der Waals surface area contributed by atoms with Gasteiger partial charge >= 0.3 is 0 Å². The average molecular weight is 369 g/mol. The second kappa shape index (κ2) is 5.44. The van der Waals surface area contributed by atoms with E-state index < -0.39 is 10.0 Å². The zero-order valence-corrected chi connectivity index (χ0v) is 12.6. The Balaban J connectivity index is 3.26. The van der Waals surface area contributed by atoms with Crippen LogP contribution in [0.4, 0.5) is 0 Å². The van der Waals surface area contributed by atoms with Crippen molar-refractivity contribution in [3.63, 3.8) is 0 Å². The Kier molecular flexibility index (Phi) is 4.73. The molecule has 0 unspecified atom stereocenters. The molecule has 0 fully saturated rings. The van der Waals surface area contributed by atoms with Crippen molar-refractivity contribution in [1.82, 2.24) is 4.31 Å². The first-order chi connectivity index (χ1) is 7.39. The van der Waals surface area contributed by atoms with Crippen molar-refractivity contribution in [3.05, 3.63) is 39.8 Å². The quantitative estimate of drug-likeness (QED) is 0.766. The van der Waals surface area contributed by atoms with Crippen molar-refractivity contribution >= 4 is 41.9 Å². The number of sulfonamides is 1. The topological polar surface area (TPSA) is 37.4 Å². The maximum Gasteiger partial charge on any atom is 0.244 e. The highest BCUT2D eigenvalue weighted by molar-refractivity contribution is 9.11. The molecule has 0 saturated carbocycles. The van der Waals surface area contributed by atoms with Crippen LogP contribution in [0.5, 0.6) is 0 Å². The summed E-state index contributed by atoms with van der Waals surface area (Å²) >= 11 is 6.49. The van der Waals surface area contributed by atoms with Crippen LogP contribution in [0.2, 0.25) is 0 Å². The summed E-state index contributed by atoms with van der Waals surface area (Å²) in [5.74, 6) is 0. The predicted octanol–water partition coefficient (Wildman–Crippen LogP) is 3.02. The van der Waals surface area contributed by atoms with Crippen LogP contribution in [0.1, 0.15) is 0 Å². The van der Waals surface area contributed by atoms with Crippen molar-refractivity contribution in [2.45, 2.75) is 4.90 Å². The Morgan fingerprint density at radius 1 is 1.44 bits per heavy atom. The fourth-order valence-electron chi connectivity index (χ4n) is 1.12. The summed E-state index contributed by atoms with van der Waals surface area (Å²) in [5.41, 5.74) is 0. The lowest BCUT2D eigenvalue weighted by molar-refractivity contribution is 0.499. The Labute approximate surface area is 112 Å². The summed E-state index contributed by atoms with van der Waals surface area (Å²) in [5, 5.41) is 0. The molecule has 0 radical (unpaired) electrons. The standard InChI is InChI=1S/C10H11Br2NO2S/c1-3-6-13(2)16(14,15)10-7-8(11)4-5-9(10)12/h3-5,7H,1,6H2,2H3. The van der Waals surface area contributed by atoms with Crippen LogP contribution in [0.15, 0.2) is 44.7 Å². The van der Waals surface area contributed by atoms with Gasteiger partial charge in [-0.2, -0.15) is 4.31 Å². The molecule has 0 aliphatic rings. The summed E-state index contributed by atoms with van der Waals surface area (Å²) in [4.78, 5) is 0.242. The number of rotatable bonds is 4. The first-order valence-corrected chi connectivity index (χ1v) is 7.44. The van der Waals surface area contributed by atoms with E-state index in [1.54, 1.807) is 24.3 Å². The van der Waals surface area contributed by atoms with Crippen LogP contribution >= 0.6 is 31.9 Å². The lowest BCUT2D eigenvalue weighted by Crippen LogP contribution is -2.27. The fourth-order valence-corrected chi connectivity index (χ4v) is 3.72. The monoisotopic (exact) mass is 367 g/mol. The largest absolute Gasteiger partial charge is 0.244 e. The van der Waals surface area contributed by atoms with Crippen molar-refractivity contribution in [3.8, 4) is 0 Å². The molecule has 0 spiro atoms. The summed E-state index contributed by atoms with van der Waals surface area (Å²) in [7, 11) is -1.95. The number of likely N-dealkylation sites (N-methyl/N-ethyl adjacent to an activating group) is 1. The summed E-state index contributed by atoms with van der Waals surface area (Å²) in [6.45, 7) is 3.80. The second-order valence-electron chi connectivity index (χ2n) is 3.15. The average Bonchev–Trinajstić information content (AvgIpc) is 2.22. The van der Waals surface area contributed by atoms with Crippen LogP contribution in [0, 0.1) is 0 Å². The SMILES string of the molecule is C=CCN(C)S(=O)(=O)c1cc(Br)ccc1Br. The van der Waals surface area contributed by atoms with Gasteiger partial charge in [-0.1, -0.05) is 22.0 Å². The van der Waals surface area contributed by atoms with Gasteiger partial charge in [0, 0.05) is 22.5 Å². The van der Waals surface area contributed by atoms with Crippen molar-refractivity contribution in [2.75, 3.05) is 13.6 Å². The molecular weight excluding hydrogens is 358 g/mol. The number of hydrogen-bond acceptors (Lipinski definition) is 2. The van der Waals surface area contributed by atoms with E-state index in [0.29, 0.717) is 4.47 Å². The fraction of sp³-hybridized carbons (Fsp3) is 0.200. The highest BCUT2D eigenvalue weighted by atomic mass is 79.9. The van der Waals surface area contributed by atoms with E-state index in [1.807, 2.05) is 0 Å². The smallest absolute Gasteiger partial charge is 0.207 e. The van der Waals surface area contributed by atoms with Gasteiger partial charge in [-0.3, -0.25) is 0 Å². The third-order valence-corrected chi connectivity index (χ3v) is 5.28. The van der Waals surface area contributed by atoms with Crippen LogP contribution < -0.4 is 0 Å². The lowest BCUT2D eigenvalue weighted by Gasteiger charge is -2.16. The van der Waals surface area contributed by atoms with Crippen LogP contribution in [0.3, 0.4) is 0 Å². The van der Waals surface area contributed by atoms with Crippen molar-refractivity contribution < 1.29 is 8.42 Å². The number of hydrogen-bond donors (Lipinski definition) is 0. The van der Waals surface area contributed by atoms with Crippen LogP contribution in [0.25, 0.3) is 0 Å². The molecule has 6 heteroatoms. The molecule has 0 aliphatic heterocycles. The third-order valence-electron chi connectivity index (χ3n) is 1.97. The molecule has 0 heterocycles. The highest BCUT2D eigenvalue weighted by Gasteiger charge is 2.22. The van der Waals surface area contributed by atoms with Crippen molar-refractivity contribution in [2.24, 2.45) is 0 Å². The molecule has 0 atom stereocenters. The van der Waals surface area contributed by atoms with Crippen LogP contribution in [-0.4, -0.2) is 26.3 Å². The molecule has 1 aromatic rings. The zero-order valence-electron chi connectivity index (χ0n) is 8.65. The minimum atomic E-state index is -3.47. The van der Waals surface area contributed by atoms with E-state index in [0.717, 1.165) is 4.47 Å². The maximum atomic E-state index is 12.1. The predicted molar refractivity (Wildman–Crippen MR) is 71.9 cm³/mol. The number of halogens is 2. The van der Waals surface area contributed by atoms with E-state index in [-0.39, 0.29) is 11.4 Å². The second-order valence-corrected chi connectivity index (χ2v) is 6.93. The summed E-state index contributed by atoms with van der Waals surface area (Å²) in [6, 6.07) is 5.04. The van der Waals surface area contributed by atoms with Crippen LogP contribution in [-0.2, 0) is 10.0 Å². The third kappa shape index (κ3) is 2.94. The van der Waals surface area contributed by atoms with Gasteiger partial charge in [-0.25, -0.2) is 8.42 Å². The van der Waals surface area contributed by atoms with Gasteiger partial charge in [-0.15, -0.1) is 6.58 Å². The molecule has 0 aliphatic carbocycles. The minimum Gasteiger partial charge on any atom is -0.207 e. The maximum absolute atomic E-state index is 12.1. The Morgan fingerprint density at radius 3 is 2.62 bits per heavy atom. The number of nitrogens with zero attached hydrogens (tertiary/aromatic N) is 1. The van der Waals surface area contributed by atoms with E-state index in [4.69, 9.17) is 0 Å². The van der Waals surface area contributed by atoms with Gasteiger partial charge in [-0.05, 0) is 34.1 Å². The molecule has 1 aromatic carbocycles. The van der Waals surface area contributed by atoms with Gasteiger partial charge in [0.1, 0.15) is 0 Å². The molecule has 3 nitrogen and oxygen atoms in total. The summed E-state index contributed by atoms with van der Waals surface area (Å²) in [6.07, 6.45) is 1.55. The molecule has 1 rings (SSSR count). The lowest BCUT2D eigenvalue weighted by atomic mass is 10.4. The molecule has 88 valence electrons.